The molecule has 3 aromatic rings. The lowest BCUT2D eigenvalue weighted by atomic mass is 10.1. The number of nitrogens with one attached hydrogen (secondary N) is 1. The van der Waals surface area contributed by atoms with Gasteiger partial charge in [0.2, 0.25) is 12.7 Å². The lowest BCUT2D eigenvalue weighted by Gasteiger charge is -2.11. The number of rotatable bonds is 5. The zero-order valence-electron chi connectivity index (χ0n) is 17.2. The van der Waals surface area contributed by atoms with Crippen LogP contribution in [0.4, 0.5) is 0 Å². The Morgan fingerprint density at radius 1 is 0.906 bits per heavy atom. The van der Waals surface area contributed by atoms with Crippen LogP contribution in [0.2, 0.25) is 0 Å². The Hall–Kier alpha value is -4.01. The zero-order valence-corrected chi connectivity index (χ0v) is 17.2. The molecule has 3 heterocycles. The predicted molar refractivity (Wildman–Crippen MR) is 114 cm³/mol. The molecule has 9 heteroatoms. The van der Waals surface area contributed by atoms with Gasteiger partial charge in [-0.3, -0.25) is 9.59 Å². The predicted octanol–water partition coefficient (Wildman–Crippen LogP) is 2.12. The van der Waals surface area contributed by atoms with Gasteiger partial charge in [-0.1, -0.05) is 6.07 Å². The molecular weight excluding hydrogens is 414 g/mol. The summed E-state index contributed by atoms with van der Waals surface area (Å²) in [6.45, 7) is 1.48. The maximum absolute atomic E-state index is 12.4. The topological polar surface area (TPSA) is 101 Å². The molecule has 164 valence electrons. The van der Waals surface area contributed by atoms with Crippen molar-refractivity contribution in [1.82, 2.24) is 15.1 Å². The second kappa shape index (κ2) is 8.62. The lowest BCUT2D eigenvalue weighted by Crippen LogP contribution is -2.33. The SMILES string of the molecule is O=C(Cn1nc(-c2ccc3c(c2)OCCCO3)ccc1=O)NCc1ccc2c(c1)OCO2. The fraction of sp³-hybridized carbons (Fsp3) is 0.261. The molecule has 32 heavy (non-hydrogen) atoms. The average Bonchev–Trinajstić information content (AvgIpc) is 3.15. The van der Waals surface area contributed by atoms with Crippen LogP contribution in [0.15, 0.2) is 53.3 Å². The van der Waals surface area contributed by atoms with Crippen LogP contribution >= 0.6 is 0 Å². The molecule has 0 aliphatic carbocycles. The second-order valence-corrected chi connectivity index (χ2v) is 7.39. The molecule has 1 aromatic heterocycles. The molecule has 0 radical (unpaired) electrons. The molecule has 0 atom stereocenters. The van der Waals surface area contributed by atoms with Crippen molar-refractivity contribution in [2.24, 2.45) is 0 Å². The number of hydrogen-bond acceptors (Lipinski definition) is 7. The molecule has 9 nitrogen and oxygen atoms in total. The molecule has 0 spiro atoms. The first-order chi connectivity index (χ1) is 15.7. The highest BCUT2D eigenvalue weighted by Gasteiger charge is 2.15. The first kappa shape index (κ1) is 19.9. The number of benzene rings is 2. The van der Waals surface area contributed by atoms with Gasteiger partial charge in [-0.05, 0) is 42.0 Å². The van der Waals surface area contributed by atoms with Gasteiger partial charge in [-0.25, -0.2) is 4.68 Å². The van der Waals surface area contributed by atoms with Crippen LogP contribution in [0.5, 0.6) is 23.0 Å². The van der Waals surface area contributed by atoms with Crippen molar-refractivity contribution in [3.05, 3.63) is 64.4 Å². The Balaban J connectivity index is 1.28. The van der Waals surface area contributed by atoms with Gasteiger partial charge in [-0.15, -0.1) is 0 Å². The Kier molecular flexibility index (Phi) is 5.37. The van der Waals surface area contributed by atoms with E-state index in [1.807, 2.05) is 30.3 Å². The Morgan fingerprint density at radius 3 is 2.56 bits per heavy atom. The van der Waals surface area contributed by atoms with Crippen molar-refractivity contribution in [2.75, 3.05) is 20.0 Å². The van der Waals surface area contributed by atoms with Crippen LogP contribution in [-0.2, 0) is 17.9 Å². The molecule has 0 saturated heterocycles. The maximum atomic E-state index is 12.4. The van der Waals surface area contributed by atoms with E-state index in [9.17, 15) is 9.59 Å². The van der Waals surface area contributed by atoms with E-state index in [4.69, 9.17) is 18.9 Å². The molecule has 2 aromatic carbocycles. The third-order valence-electron chi connectivity index (χ3n) is 5.13. The smallest absolute Gasteiger partial charge is 0.267 e. The minimum Gasteiger partial charge on any atom is -0.490 e. The molecular formula is C23H21N3O6. The van der Waals surface area contributed by atoms with E-state index in [-0.39, 0.29) is 24.8 Å². The van der Waals surface area contributed by atoms with Crippen LogP contribution < -0.4 is 29.8 Å². The summed E-state index contributed by atoms with van der Waals surface area (Å²) in [6.07, 6.45) is 0.814. The van der Waals surface area contributed by atoms with Crippen LogP contribution in [0.25, 0.3) is 11.3 Å². The highest BCUT2D eigenvalue weighted by Crippen LogP contribution is 2.34. The van der Waals surface area contributed by atoms with E-state index < -0.39 is 0 Å². The van der Waals surface area contributed by atoms with Crippen molar-refractivity contribution in [3.63, 3.8) is 0 Å². The van der Waals surface area contributed by atoms with Gasteiger partial charge < -0.3 is 24.3 Å². The molecule has 0 bridgehead atoms. The average molecular weight is 435 g/mol. The minimum absolute atomic E-state index is 0.193. The summed E-state index contributed by atoms with van der Waals surface area (Å²) in [5.74, 6) is 2.33. The van der Waals surface area contributed by atoms with Gasteiger partial charge in [0.15, 0.2) is 23.0 Å². The summed E-state index contributed by atoms with van der Waals surface area (Å²) >= 11 is 0. The zero-order chi connectivity index (χ0) is 21.9. The largest absolute Gasteiger partial charge is 0.490 e. The number of nitrogens with zero attached hydrogens (tertiary/aromatic N) is 2. The molecule has 2 aliphatic rings. The number of hydrogen-bond donors (Lipinski definition) is 1. The summed E-state index contributed by atoms with van der Waals surface area (Å²) in [5, 5.41) is 7.17. The molecule has 0 fully saturated rings. The summed E-state index contributed by atoms with van der Waals surface area (Å²) in [4.78, 5) is 24.7. The van der Waals surface area contributed by atoms with Crippen molar-refractivity contribution in [2.45, 2.75) is 19.5 Å². The summed E-state index contributed by atoms with van der Waals surface area (Å²) < 4.78 is 23.2. The molecule has 0 saturated carbocycles. The van der Waals surface area contributed by atoms with Crippen LogP contribution in [0.3, 0.4) is 0 Å². The fourth-order valence-electron chi connectivity index (χ4n) is 3.48. The van der Waals surface area contributed by atoms with Crippen molar-refractivity contribution >= 4 is 5.91 Å². The minimum atomic E-state index is -0.360. The molecule has 5 rings (SSSR count). The molecule has 1 amide bonds. The fourth-order valence-corrected chi connectivity index (χ4v) is 3.48. The van der Waals surface area contributed by atoms with E-state index in [0.717, 1.165) is 22.2 Å². The highest BCUT2D eigenvalue weighted by molar-refractivity contribution is 5.75. The first-order valence-electron chi connectivity index (χ1n) is 10.3. The summed E-state index contributed by atoms with van der Waals surface area (Å²) in [5.41, 5.74) is 1.83. The maximum Gasteiger partial charge on any atom is 0.267 e. The number of carbonyl (C=O) groups excluding carboxylic acids is 1. The highest BCUT2D eigenvalue weighted by atomic mass is 16.7. The Bertz CT molecular complexity index is 1220. The van der Waals surface area contributed by atoms with E-state index in [2.05, 4.69) is 10.4 Å². The number of ether oxygens (including phenoxy) is 4. The number of carbonyl (C=O) groups is 1. The first-order valence-corrected chi connectivity index (χ1v) is 10.3. The quantitative estimate of drug-likeness (QED) is 0.655. The van der Waals surface area contributed by atoms with Crippen molar-refractivity contribution < 1.29 is 23.7 Å². The van der Waals surface area contributed by atoms with Gasteiger partial charge in [0, 0.05) is 24.6 Å². The van der Waals surface area contributed by atoms with Crippen molar-refractivity contribution in [3.8, 4) is 34.3 Å². The van der Waals surface area contributed by atoms with E-state index in [1.54, 1.807) is 12.1 Å². The number of amides is 1. The molecule has 0 unspecified atom stereocenters. The van der Waals surface area contributed by atoms with Crippen LogP contribution in [0, 0.1) is 0 Å². The van der Waals surface area contributed by atoms with E-state index in [0.29, 0.717) is 48.5 Å². The normalized spacial score (nSPS) is 14.0. The second-order valence-electron chi connectivity index (χ2n) is 7.39. The van der Waals surface area contributed by atoms with Gasteiger partial charge in [0.1, 0.15) is 6.54 Å². The van der Waals surface area contributed by atoms with E-state index in [1.165, 1.54) is 6.07 Å². The standard InChI is InChI=1S/C23H21N3O6/c27-22(24-12-15-2-5-19-20(10-15)32-14-31-19)13-26-23(28)7-4-17(25-26)16-3-6-18-21(11-16)30-9-1-8-29-18/h2-7,10-11H,1,8-9,12-14H2,(H,24,27). The van der Waals surface area contributed by atoms with Gasteiger partial charge in [-0.2, -0.15) is 5.10 Å². The molecule has 1 N–H and O–H groups in total. The van der Waals surface area contributed by atoms with Gasteiger partial charge in [0.05, 0.1) is 18.9 Å². The third kappa shape index (κ3) is 4.22. The lowest BCUT2D eigenvalue weighted by molar-refractivity contribution is -0.122. The van der Waals surface area contributed by atoms with Crippen molar-refractivity contribution in [1.29, 1.82) is 0 Å². The van der Waals surface area contributed by atoms with Crippen LogP contribution in [0.1, 0.15) is 12.0 Å². The Morgan fingerprint density at radius 2 is 1.66 bits per heavy atom. The van der Waals surface area contributed by atoms with Crippen LogP contribution in [-0.4, -0.2) is 35.7 Å². The number of fused-ring (bicyclic) bond motifs is 2. The number of aromatic nitrogens is 2. The monoisotopic (exact) mass is 435 g/mol. The molecule has 2 aliphatic heterocycles. The summed E-state index contributed by atoms with van der Waals surface area (Å²) in [6, 6.07) is 14.0. The van der Waals surface area contributed by atoms with Gasteiger partial charge >= 0.3 is 0 Å². The third-order valence-corrected chi connectivity index (χ3v) is 5.13. The van der Waals surface area contributed by atoms with E-state index >= 15 is 0 Å². The summed E-state index contributed by atoms with van der Waals surface area (Å²) in [7, 11) is 0. The Labute approximate surface area is 183 Å². The van der Waals surface area contributed by atoms with Gasteiger partial charge in [0.25, 0.3) is 5.56 Å².